The third-order valence-electron chi connectivity index (χ3n) is 4.33. The van der Waals surface area contributed by atoms with Crippen LogP contribution in [-0.4, -0.2) is 17.4 Å². The number of ether oxygens (including phenoxy) is 1. The van der Waals surface area contributed by atoms with E-state index in [1.165, 1.54) is 10.4 Å². The predicted octanol–water partition coefficient (Wildman–Crippen LogP) is 4.87. The molecule has 0 fully saturated rings. The van der Waals surface area contributed by atoms with Gasteiger partial charge in [0.15, 0.2) is 6.61 Å². The summed E-state index contributed by atoms with van der Waals surface area (Å²) in [5.74, 6) is 1.49. The van der Waals surface area contributed by atoms with Gasteiger partial charge in [-0.15, -0.1) is 11.3 Å². The summed E-state index contributed by atoms with van der Waals surface area (Å²) >= 11 is 1.66. The minimum absolute atomic E-state index is 0.0107. The maximum absolute atomic E-state index is 12.9. The van der Waals surface area contributed by atoms with Gasteiger partial charge in [0.25, 0.3) is 5.91 Å². The molecule has 0 aliphatic carbocycles. The van der Waals surface area contributed by atoms with Crippen molar-refractivity contribution in [1.82, 2.24) is 4.90 Å². The molecule has 26 heavy (non-hydrogen) atoms. The summed E-state index contributed by atoms with van der Waals surface area (Å²) < 4.78 is 11.3. The Morgan fingerprint density at radius 1 is 1.04 bits per heavy atom. The zero-order chi connectivity index (χ0) is 18.5. The molecule has 0 atom stereocenters. The van der Waals surface area contributed by atoms with Crippen LogP contribution < -0.4 is 4.74 Å². The van der Waals surface area contributed by atoms with Crippen molar-refractivity contribution in [2.45, 2.75) is 33.9 Å². The van der Waals surface area contributed by atoms with E-state index in [9.17, 15) is 4.79 Å². The minimum atomic E-state index is -0.0585. The molecule has 1 aromatic carbocycles. The molecule has 0 bridgehead atoms. The Balaban J connectivity index is 1.72. The highest BCUT2D eigenvalue weighted by Gasteiger charge is 2.19. The molecular weight excluding hydrogens is 346 g/mol. The lowest BCUT2D eigenvalue weighted by Gasteiger charge is -2.22. The fourth-order valence-corrected chi connectivity index (χ4v) is 3.74. The van der Waals surface area contributed by atoms with Crippen LogP contribution in [0.2, 0.25) is 0 Å². The van der Waals surface area contributed by atoms with E-state index in [1.807, 2.05) is 49.6 Å². The van der Waals surface area contributed by atoms with Gasteiger partial charge in [-0.2, -0.15) is 0 Å². The molecule has 136 valence electrons. The molecule has 3 rings (SSSR count). The second-order valence-electron chi connectivity index (χ2n) is 6.37. The van der Waals surface area contributed by atoms with Gasteiger partial charge in [-0.25, -0.2) is 0 Å². The molecule has 0 radical (unpaired) electrons. The monoisotopic (exact) mass is 369 g/mol. The lowest BCUT2D eigenvalue weighted by molar-refractivity contribution is -0.134. The van der Waals surface area contributed by atoms with Gasteiger partial charge in [0, 0.05) is 4.88 Å². The van der Waals surface area contributed by atoms with Crippen LogP contribution in [0, 0.1) is 20.8 Å². The zero-order valence-electron chi connectivity index (χ0n) is 15.3. The molecule has 0 saturated heterocycles. The molecule has 0 spiro atoms. The van der Waals surface area contributed by atoms with Crippen LogP contribution in [-0.2, 0) is 17.9 Å². The Labute approximate surface area is 158 Å². The van der Waals surface area contributed by atoms with Gasteiger partial charge in [-0.1, -0.05) is 18.2 Å². The quantitative estimate of drug-likeness (QED) is 0.596. The van der Waals surface area contributed by atoms with Crippen LogP contribution in [0.4, 0.5) is 0 Å². The highest BCUT2D eigenvalue weighted by atomic mass is 32.1. The first-order chi connectivity index (χ1) is 12.5. The first-order valence-corrected chi connectivity index (χ1v) is 9.44. The molecule has 2 heterocycles. The summed E-state index contributed by atoms with van der Waals surface area (Å²) in [5.41, 5.74) is 3.26. The summed E-state index contributed by atoms with van der Waals surface area (Å²) in [4.78, 5) is 15.8. The van der Waals surface area contributed by atoms with E-state index in [4.69, 9.17) is 9.15 Å². The average Bonchev–Trinajstić information content (AvgIpc) is 3.26. The largest absolute Gasteiger partial charge is 0.483 e. The number of para-hydroxylation sites is 1. The molecule has 0 saturated carbocycles. The number of hydrogen-bond donors (Lipinski definition) is 0. The highest BCUT2D eigenvalue weighted by molar-refractivity contribution is 7.10. The SMILES string of the molecule is Cc1ccsc1CN(Cc1ccco1)C(=O)COc1c(C)cccc1C. The Kier molecular flexibility index (Phi) is 5.78. The van der Waals surface area contributed by atoms with Gasteiger partial charge in [0.2, 0.25) is 0 Å². The van der Waals surface area contributed by atoms with E-state index in [-0.39, 0.29) is 12.5 Å². The van der Waals surface area contributed by atoms with Gasteiger partial charge < -0.3 is 14.1 Å². The van der Waals surface area contributed by atoms with E-state index in [1.54, 1.807) is 22.5 Å². The molecule has 5 heteroatoms. The first-order valence-electron chi connectivity index (χ1n) is 8.56. The Morgan fingerprint density at radius 3 is 2.42 bits per heavy atom. The van der Waals surface area contributed by atoms with E-state index >= 15 is 0 Å². The van der Waals surface area contributed by atoms with Gasteiger partial charge in [-0.3, -0.25) is 4.79 Å². The molecule has 0 N–H and O–H groups in total. The number of aryl methyl sites for hydroxylation is 3. The van der Waals surface area contributed by atoms with Crippen LogP contribution >= 0.6 is 11.3 Å². The second-order valence-corrected chi connectivity index (χ2v) is 7.37. The van der Waals surface area contributed by atoms with Crippen molar-refractivity contribution in [3.63, 3.8) is 0 Å². The fraction of sp³-hybridized carbons (Fsp3) is 0.286. The number of nitrogens with zero attached hydrogens (tertiary/aromatic N) is 1. The second kappa shape index (κ2) is 8.23. The van der Waals surface area contributed by atoms with Crippen LogP contribution in [0.1, 0.15) is 27.3 Å². The van der Waals surface area contributed by atoms with Crippen molar-refractivity contribution in [1.29, 1.82) is 0 Å². The van der Waals surface area contributed by atoms with Gasteiger partial charge in [0.05, 0.1) is 19.4 Å². The third kappa shape index (κ3) is 4.35. The number of carbonyl (C=O) groups is 1. The first kappa shape index (κ1) is 18.3. The maximum Gasteiger partial charge on any atom is 0.261 e. The molecule has 0 aliphatic heterocycles. The molecule has 4 nitrogen and oxygen atoms in total. The number of furan rings is 1. The smallest absolute Gasteiger partial charge is 0.261 e. The molecular formula is C21H23NO3S. The van der Waals surface area contributed by atoms with Crippen molar-refractivity contribution in [2.75, 3.05) is 6.61 Å². The summed E-state index contributed by atoms with van der Waals surface area (Å²) in [7, 11) is 0. The summed E-state index contributed by atoms with van der Waals surface area (Å²) in [6.07, 6.45) is 1.63. The number of thiophene rings is 1. The summed E-state index contributed by atoms with van der Waals surface area (Å²) in [5, 5.41) is 2.05. The average molecular weight is 369 g/mol. The Hall–Kier alpha value is -2.53. The number of rotatable bonds is 7. The fourth-order valence-electron chi connectivity index (χ4n) is 2.81. The van der Waals surface area contributed by atoms with Crippen LogP contribution in [0.5, 0.6) is 5.75 Å². The third-order valence-corrected chi connectivity index (χ3v) is 5.34. The standard InChI is InChI=1S/C21H23NO3S/c1-15-9-11-26-19(15)13-22(12-18-8-5-10-24-18)20(23)14-25-21-16(2)6-4-7-17(21)3/h4-11H,12-14H2,1-3H3. The topological polar surface area (TPSA) is 42.7 Å². The summed E-state index contributed by atoms with van der Waals surface area (Å²) in [6.45, 7) is 7.04. The highest BCUT2D eigenvalue weighted by Crippen LogP contribution is 2.23. The predicted molar refractivity (Wildman–Crippen MR) is 103 cm³/mol. The lowest BCUT2D eigenvalue weighted by Crippen LogP contribution is -2.34. The van der Waals surface area contributed by atoms with E-state index in [0.29, 0.717) is 13.1 Å². The zero-order valence-corrected chi connectivity index (χ0v) is 16.1. The van der Waals surface area contributed by atoms with Gasteiger partial charge in [-0.05, 0) is 61.0 Å². The molecule has 0 unspecified atom stereocenters. The van der Waals surface area contributed by atoms with Crippen molar-refractivity contribution < 1.29 is 13.9 Å². The Bertz CT molecular complexity index is 847. The van der Waals surface area contributed by atoms with Gasteiger partial charge >= 0.3 is 0 Å². The summed E-state index contributed by atoms with van der Waals surface area (Å²) in [6, 6.07) is 11.8. The minimum Gasteiger partial charge on any atom is -0.483 e. The number of benzene rings is 1. The van der Waals surface area contributed by atoms with Crippen molar-refractivity contribution >= 4 is 17.2 Å². The molecule has 2 aromatic heterocycles. The lowest BCUT2D eigenvalue weighted by atomic mass is 10.1. The van der Waals surface area contributed by atoms with E-state index in [2.05, 4.69) is 13.0 Å². The van der Waals surface area contributed by atoms with E-state index in [0.717, 1.165) is 22.6 Å². The van der Waals surface area contributed by atoms with Crippen molar-refractivity contribution in [3.8, 4) is 5.75 Å². The van der Waals surface area contributed by atoms with Crippen LogP contribution in [0.3, 0.4) is 0 Å². The number of hydrogen-bond acceptors (Lipinski definition) is 4. The van der Waals surface area contributed by atoms with Crippen molar-refractivity contribution in [2.24, 2.45) is 0 Å². The molecule has 3 aromatic rings. The van der Waals surface area contributed by atoms with Crippen LogP contribution in [0.15, 0.2) is 52.5 Å². The Morgan fingerprint density at radius 2 is 1.81 bits per heavy atom. The number of amides is 1. The van der Waals surface area contributed by atoms with Gasteiger partial charge in [0.1, 0.15) is 11.5 Å². The molecule has 1 amide bonds. The van der Waals surface area contributed by atoms with Crippen molar-refractivity contribution in [3.05, 3.63) is 75.4 Å². The maximum atomic E-state index is 12.9. The number of carbonyl (C=O) groups excluding carboxylic acids is 1. The van der Waals surface area contributed by atoms with E-state index < -0.39 is 0 Å². The van der Waals surface area contributed by atoms with Crippen LogP contribution in [0.25, 0.3) is 0 Å². The normalized spacial score (nSPS) is 10.7. The molecule has 0 aliphatic rings.